The molecular formula is C16H16N4OS. The number of hydrogen-bond donors (Lipinski definition) is 2. The molecule has 22 heavy (non-hydrogen) atoms. The minimum atomic E-state index is -0.0503. The van der Waals surface area contributed by atoms with Crippen LogP contribution in [0.5, 0.6) is 0 Å². The fraction of sp³-hybridized carbons (Fsp3) is 0.250. The molecule has 6 heteroatoms. The molecule has 112 valence electrons. The molecule has 0 aliphatic carbocycles. The van der Waals surface area contributed by atoms with Crippen LogP contribution in [-0.4, -0.2) is 36.1 Å². The van der Waals surface area contributed by atoms with E-state index in [9.17, 15) is 4.79 Å². The summed E-state index contributed by atoms with van der Waals surface area (Å²) in [6, 6.07) is 10.1. The number of piperazine rings is 1. The maximum Gasteiger partial charge on any atom is 0.270 e. The number of aromatic amines is 1. The van der Waals surface area contributed by atoms with Gasteiger partial charge < -0.3 is 10.2 Å². The van der Waals surface area contributed by atoms with Crippen LogP contribution < -0.4 is 15.8 Å². The fourth-order valence-corrected chi connectivity index (χ4v) is 3.67. The molecule has 0 radical (unpaired) electrons. The molecule has 0 saturated carbocycles. The van der Waals surface area contributed by atoms with E-state index < -0.39 is 0 Å². The number of hydrogen-bond acceptors (Lipinski definition) is 5. The van der Waals surface area contributed by atoms with Gasteiger partial charge in [0.05, 0.1) is 5.52 Å². The molecule has 3 heterocycles. The minimum absolute atomic E-state index is 0.0503. The van der Waals surface area contributed by atoms with Crippen LogP contribution in [0.25, 0.3) is 21.3 Å². The van der Waals surface area contributed by atoms with E-state index in [0.717, 1.165) is 42.8 Å². The standard InChI is InChI=1S/C16H16N4OS/c21-15-14-13(12(10-22-14)11-4-2-1-3-5-11)18-16(19-15)20-8-6-17-7-9-20/h1-5,10,17H,6-9H2,(H,18,19,21). The van der Waals surface area contributed by atoms with Crippen molar-refractivity contribution in [2.24, 2.45) is 0 Å². The van der Waals surface area contributed by atoms with Crippen LogP contribution in [0, 0.1) is 0 Å². The van der Waals surface area contributed by atoms with Gasteiger partial charge in [0.2, 0.25) is 5.95 Å². The van der Waals surface area contributed by atoms with Gasteiger partial charge in [0, 0.05) is 37.1 Å². The predicted molar refractivity (Wildman–Crippen MR) is 90.8 cm³/mol. The first-order chi connectivity index (χ1) is 10.8. The Morgan fingerprint density at radius 3 is 2.68 bits per heavy atom. The van der Waals surface area contributed by atoms with Crippen LogP contribution in [-0.2, 0) is 0 Å². The molecule has 1 aliphatic heterocycles. The van der Waals surface area contributed by atoms with E-state index in [2.05, 4.69) is 27.3 Å². The zero-order valence-corrected chi connectivity index (χ0v) is 12.8. The first-order valence-corrected chi connectivity index (χ1v) is 8.23. The summed E-state index contributed by atoms with van der Waals surface area (Å²) in [5.74, 6) is 0.676. The summed E-state index contributed by atoms with van der Waals surface area (Å²) in [7, 11) is 0. The number of thiophene rings is 1. The number of nitrogens with one attached hydrogen (secondary N) is 2. The SMILES string of the molecule is O=c1[nH]c(N2CCNCC2)nc2c(-c3ccccc3)csc12. The molecule has 0 amide bonds. The highest BCUT2D eigenvalue weighted by molar-refractivity contribution is 7.17. The van der Waals surface area contributed by atoms with Crippen molar-refractivity contribution in [3.63, 3.8) is 0 Å². The average Bonchev–Trinajstić information content (AvgIpc) is 3.01. The van der Waals surface area contributed by atoms with E-state index in [1.165, 1.54) is 11.3 Å². The number of aromatic nitrogens is 2. The maximum absolute atomic E-state index is 12.4. The lowest BCUT2D eigenvalue weighted by atomic mass is 10.1. The van der Waals surface area contributed by atoms with Crippen molar-refractivity contribution in [1.29, 1.82) is 0 Å². The van der Waals surface area contributed by atoms with Crippen LogP contribution in [0.4, 0.5) is 5.95 Å². The molecule has 0 atom stereocenters. The average molecular weight is 312 g/mol. The number of nitrogens with zero attached hydrogens (tertiary/aromatic N) is 2. The van der Waals surface area contributed by atoms with E-state index in [0.29, 0.717) is 10.6 Å². The van der Waals surface area contributed by atoms with Crippen molar-refractivity contribution in [3.05, 3.63) is 46.1 Å². The summed E-state index contributed by atoms with van der Waals surface area (Å²) in [4.78, 5) is 22.2. The van der Waals surface area contributed by atoms with Crippen molar-refractivity contribution < 1.29 is 0 Å². The Morgan fingerprint density at radius 1 is 1.14 bits per heavy atom. The Bertz CT molecular complexity index is 849. The van der Waals surface area contributed by atoms with Gasteiger partial charge in [-0.25, -0.2) is 4.98 Å². The van der Waals surface area contributed by atoms with Crippen molar-refractivity contribution in [2.45, 2.75) is 0 Å². The Kier molecular flexibility index (Phi) is 3.40. The van der Waals surface area contributed by atoms with E-state index in [-0.39, 0.29) is 5.56 Å². The number of fused-ring (bicyclic) bond motifs is 1. The molecule has 1 aliphatic rings. The summed E-state index contributed by atoms with van der Waals surface area (Å²) in [6.07, 6.45) is 0. The van der Waals surface area contributed by atoms with Crippen molar-refractivity contribution in [2.75, 3.05) is 31.1 Å². The first-order valence-electron chi connectivity index (χ1n) is 7.35. The van der Waals surface area contributed by atoms with Gasteiger partial charge in [-0.15, -0.1) is 11.3 Å². The van der Waals surface area contributed by atoms with Gasteiger partial charge in [-0.05, 0) is 5.56 Å². The minimum Gasteiger partial charge on any atom is -0.340 e. The number of anilines is 1. The molecule has 0 spiro atoms. The first kappa shape index (κ1) is 13.5. The van der Waals surface area contributed by atoms with Gasteiger partial charge >= 0.3 is 0 Å². The third-order valence-electron chi connectivity index (χ3n) is 3.92. The van der Waals surface area contributed by atoms with Gasteiger partial charge in [0.1, 0.15) is 4.70 Å². The molecule has 0 unspecified atom stereocenters. The summed E-state index contributed by atoms with van der Waals surface area (Å²) in [5.41, 5.74) is 2.88. The third kappa shape index (κ3) is 2.30. The van der Waals surface area contributed by atoms with Crippen molar-refractivity contribution >= 4 is 27.5 Å². The lowest BCUT2D eigenvalue weighted by Crippen LogP contribution is -2.44. The fourth-order valence-electron chi connectivity index (χ4n) is 2.76. The van der Waals surface area contributed by atoms with Gasteiger partial charge in [0.15, 0.2) is 0 Å². The molecule has 1 saturated heterocycles. The monoisotopic (exact) mass is 312 g/mol. The van der Waals surface area contributed by atoms with E-state index >= 15 is 0 Å². The second-order valence-electron chi connectivity index (χ2n) is 5.32. The highest BCUT2D eigenvalue weighted by Gasteiger charge is 2.17. The van der Waals surface area contributed by atoms with Crippen LogP contribution in [0.1, 0.15) is 0 Å². The Morgan fingerprint density at radius 2 is 1.91 bits per heavy atom. The van der Waals surface area contributed by atoms with Crippen molar-refractivity contribution in [1.82, 2.24) is 15.3 Å². The lowest BCUT2D eigenvalue weighted by molar-refractivity contribution is 0.580. The van der Waals surface area contributed by atoms with Crippen LogP contribution in [0.3, 0.4) is 0 Å². The topological polar surface area (TPSA) is 61.0 Å². The van der Waals surface area contributed by atoms with Crippen LogP contribution in [0.2, 0.25) is 0 Å². The predicted octanol–water partition coefficient (Wildman–Crippen LogP) is 2.06. The van der Waals surface area contributed by atoms with Gasteiger partial charge in [-0.1, -0.05) is 30.3 Å². The molecule has 1 fully saturated rings. The molecule has 4 rings (SSSR count). The smallest absolute Gasteiger partial charge is 0.270 e. The summed E-state index contributed by atoms with van der Waals surface area (Å²) in [5, 5.41) is 5.33. The molecule has 1 aromatic carbocycles. The number of benzene rings is 1. The zero-order valence-electron chi connectivity index (χ0n) is 12.0. The molecule has 2 aromatic heterocycles. The van der Waals surface area contributed by atoms with Crippen LogP contribution in [0.15, 0.2) is 40.5 Å². The van der Waals surface area contributed by atoms with E-state index in [1.54, 1.807) is 0 Å². The maximum atomic E-state index is 12.4. The Balaban J connectivity index is 1.86. The Labute approximate surface area is 131 Å². The molecule has 5 nitrogen and oxygen atoms in total. The molecular weight excluding hydrogens is 296 g/mol. The number of H-pyrrole nitrogens is 1. The van der Waals surface area contributed by atoms with E-state index in [4.69, 9.17) is 4.98 Å². The normalized spacial score (nSPS) is 15.4. The van der Waals surface area contributed by atoms with Gasteiger partial charge in [0.25, 0.3) is 5.56 Å². The second kappa shape index (κ2) is 5.55. The third-order valence-corrected chi connectivity index (χ3v) is 4.88. The molecule has 2 N–H and O–H groups in total. The van der Waals surface area contributed by atoms with Gasteiger partial charge in [-0.2, -0.15) is 0 Å². The molecule has 3 aromatic rings. The second-order valence-corrected chi connectivity index (χ2v) is 6.20. The van der Waals surface area contributed by atoms with E-state index in [1.807, 2.05) is 23.6 Å². The number of rotatable bonds is 2. The zero-order chi connectivity index (χ0) is 14.9. The lowest BCUT2D eigenvalue weighted by Gasteiger charge is -2.27. The van der Waals surface area contributed by atoms with Crippen molar-refractivity contribution in [3.8, 4) is 11.1 Å². The highest BCUT2D eigenvalue weighted by atomic mass is 32.1. The largest absolute Gasteiger partial charge is 0.340 e. The quantitative estimate of drug-likeness (QED) is 0.760. The summed E-state index contributed by atoms with van der Waals surface area (Å²) >= 11 is 1.45. The Hall–Kier alpha value is -2.18. The van der Waals surface area contributed by atoms with Gasteiger partial charge in [-0.3, -0.25) is 9.78 Å². The molecule has 0 bridgehead atoms. The summed E-state index contributed by atoms with van der Waals surface area (Å²) in [6.45, 7) is 3.55. The highest BCUT2D eigenvalue weighted by Crippen LogP contribution is 2.31. The summed E-state index contributed by atoms with van der Waals surface area (Å²) < 4.78 is 0.692. The van der Waals surface area contributed by atoms with Crippen LogP contribution >= 0.6 is 11.3 Å².